The van der Waals surface area contributed by atoms with E-state index < -0.39 is 0 Å². The van der Waals surface area contributed by atoms with Crippen molar-refractivity contribution in [3.8, 4) is 17.3 Å². The highest BCUT2D eigenvalue weighted by Crippen LogP contribution is 2.27. The Morgan fingerprint density at radius 1 is 1.00 bits per heavy atom. The third-order valence-corrected chi connectivity index (χ3v) is 4.67. The van der Waals surface area contributed by atoms with E-state index in [0.717, 1.165) is 35.2 Å². The van der Waals surface area contributed by atoms with E-state index in [1.165, 1.54) is 0 Å². The number of aromatic amines is 1. The molecule has 0 amide bonds. The van der Waals surface area contributed by atoms with Crippen LogP contribution >= 0.6 is 0 Å². The van der Waals surface area contributed by atoms with Gasteiger partial charge >= 0.3 is 0 Å². The van der Waals surface area contributed by atoms with Gasteiger partial charge in [0.2, 0.25) is 5.95 Å². The van der Waals surface area contributed by atoms with Crippen LogP contribution in [0.15, 0.2) is 42.7 Å². The van der Waals surface area contributed by atoms with Crippen molar-refractivity contribution in [3.05, 3.63) is 48.4 Å². The first-order valence-corrected chi connectivity index (χ1v) is 8.96. The lowest BCUT2D eigenvalue weighted by molar-refractivity contribution is 0.122. The molecule has 1 saturated heterocycles. The van der Waals surface area contributed by atoms with Crippen molar-refractivity contribution in [1.29, 1.82) is 0 Å². The molecule has 8 heteroatoms. The van der Waals surface area contributed by atoms with Crippen LogP contribution in [0, 0.1) is 6.92 Å². The number of hydrogen-bond donors (Lipinski definition) is 1. The molecule has 136 valence electrons. The maximum absolute atomic E-state index is 5.47. The topological polar surface area (TPSA) is 84.8 Å². The van der Waals surface area contributed by atoms with Gasteiger partial charge in [0, 0.05) is 41.9 Å². The van der Waals surface area contributed by atoms with Crippen molar-refractivity contribution < 1.29 is 4.74 Å². The van der Waals surface area contributed by atoms with Crippen molar-refractivity contribution in [2.45, 2.75) is 6.92 Å². The molecule has 0 unspecified atom stereocenters. The van der Waals surface area contributed by atoms with E-state index in [9.17, 15) is 0 Å². The summed E-state index contributed by atoms with van der Waals surface area (Å²) in [6, 6.07) is 10.1. The highest BCUT2D eigenvalue weighted by Gasteiger charge is 2.19. The zero-order valence-electron chi connectivity index (χ0n) is 15.0. The van der Waals surface area contributed by atoms with Crippen LogP contribution in [0.2, 0.25) is 0 Å². The SMILES string of the molecule is Cc1ccn(-c2nc(-c3cccc4[nH]ccc34)nc(N3CCOCC3)n2)n1. The van der Waals surface area contributed by atoms with E-state index in [0.29, 0.717) is 30.9 Å². The molecule has 0 radical (unpaired) electrons. The van der Waals surface area contributed by atoms with Gasteiger partial charge < -0.3 is 14.6 Å². The first-order valence-electron chi connectivity index (χ1n) is 8.96. The lowest BCUT2D eigenvalue weighted by Crippen LogP contribution is -2.37. The minimum atomic E-state index is 0.516. The molecule has 3 aromatic heterocycles. The van der Waals surface area contributed by atoms with Gasteiger partial charge in [0.15, 0.2) is 5.82 Å². The lowest BCUT2D eigenvalue weighted by atomic mass is 10.1. The third-order valence-electron chi connectivity index (χ3n) is 4.67. The Labute approximate surface area is 155 Å². The maximum Gasteiger partial charge on any atom is 0.255 e. The largest absolute Gasteiger partial charge is 0.378 e. The van der Waals surface area contributed by atoms with E-state index in [-0.39, 0.29) is 0 Å². The fourth-order valence-corrected chi connectivity index (χ4v) is 3.29. The molecule has 0 saturated carbocycles. The van der Waals surface area contributed by atoms with Gasteiger partial charge in [-0.2, -0.15) is 20.1 Å². The van der Waals surface area contributed by atoms with Crippen LogP contribution in [0.5, 0.6) is 0 Å². The Morgan fingerprint density at radius 2 is 1.85 bits per heavy atom. The molecule has 0 bridgehead atoms. The number of H-pyrrole nitrogens is 1. The Bertz CT molecular complexity index is 1090. The molecule has 1 N–H and O–H groups in total. The smallest absolute Gasteiger partial charge is 0.255 e. The van der Waals surface area contributed by atoms with Crippen molar-refractivity contribution in [2.24, 2.45) is 0 Å². The summed E-state index contributed by atoms with van der Waals surface area (Å²) >= 11 is 0. The summed E-state index contributed by atoms with van der Waals surface area (Å²) < 4.78 is 7.16. The number of hydrogen-bond acceptors (Lipinski definition) is 6. The monoisotopic (exact) mass is 361 g/mol. The highest BCUT2D eigenvalue weighted by molar-refractivity contribution is 5.93. The number of nitrogens with zero attached hydrogens (tertiary/aromatic N) is 6. The van der Waals surface area contributed by atoms with Crippen LogP contribution in [0.3, 0.4) is 0 Å². The average Bonchev–Trinajstić information content (AvgIpc) is 3.37. The molecule has 4 aromatic rings. The number of aryl methyl sites for hydroxylation is 1. The molecule has 1 aromatic carbocycles. The fourth-order valence-electron chi connectivity index (χ4n) is 3.29. The second-order valence-electron chi connectivity index (χ2n) is 6.50. The summed E-state index contributed by atoms with van der Waals surface area (Å²) in [6.45, 7) is 4.81. The van der Waals surface area contributed by atoms with Crippen LogP contribution in [0.25, 0.3) is 28.2 Å². The van der Waals surface area contributed by atoms with Gasteiger partial charge in [0.05, 0.1) is 18.9 Å². The standard InChI is InChI=1S/C19H19N7O/c1-13-6-8-26(24-13)19-22-17(15-3-2-4-16-14(15)5-7-20-16)21-18(23-19)25-9-11-27-12-10-25/h2-8,20H,9-12H2,1H3. The van der Waals surface area contributed by atoms with Crippen LogP contribution in [0.4, 0.5) is 5.95 Å². The maximum atomic E-state index is 5.47. The van der Waals surface area contributed by atoms with Gasteiger partial charge in [-0.1, -0.05) is 12.1 Å². The molecule has 4 heterocycles. The van der Waals surface area contributed by atoms with Crippen LogP contribution in [0.1, 0.15) is 5.69 Å². The van der Waals surface area contributed by atoms with Gasteiger partial charge in [0.1, 0.15) is 0 Å². The summed E-state index contributed by atoms with van der Waals surface area (Å²) in [7, 11) is 0. The van der Waals surface area contributed by atoms with Crippen LogP contribution in [-0.4, -0.2) is 56.0 Å². The average molecular weight is 361 g/mol. The summed E-state index contributed by atoms with van der Waals surface area (Å²) in [4.78, 5) is 19.5. The van der Waals surface area contributed by atoms with Gasteiger partial charge in [-0.15, -0.1) is 0 Å². The predicted molar refractivity (Wildman–Crippen MR) is 102 cm³/mol. The first-order chi connectivity index (χ1) is 13.3. The fraction of sp³-hybridized carbons (Fsp3) is 0.263. The van der Waals surface area contributed by atoms with Gasteiger partial charge in [-0.05, 0) is 25.1 Å². The third kappa shape index (κ3) is 2.93. The highest BCUT2D eigenvalue weighted by atomic mass is 16.5. The molecule has 0 atom stereocenters. The molecule has 1 fully saturated rings. The van der Waals surface area contributed by atoms with Crippen LogP contribution < -0.4 is 4.90 Å². The molecule has 0 aliphatic carbocycles. The molecular formula is C19H19N7O. The minimum Gasteiger partial charge on any atom is -0.378 e. The number of ether oxygens (including phenoxy) is 1. The first kappa shape index (κ1) is 16.0. The van der Waals surface area contributed by atoms with Gasteiger partial charge in [-0.3, -0.25) is 0 Å². The molecule has 27 heavy (non-hydrogen) atoms. The second kappa shape index (κ2) is 6.48. The number of morpholine rings is 1. The van der Waals surface area contributed by atoms with E-state index >= 15 is 0 Å². The van der Waals surface area contributed by atoms with Gasteiger partial charge in [0.25, 0.3) is 5.95 Å². The summed E-state index contributed by atoms with van der Waals surface area (Å²) in [5, 5.41) is 5.55. The van der Waals surface area contributed by atoms with Crippen molar-refractivity contribution in [2.75, 3.05) is 31.2 Å². The minimum absolute atomic E-state index is 0.516. The Kier molecular flexibility index (Phi) is 3.83. The summed E-state index contributed by atoms with van der Waals surface area (Å²) in [6.07, 6.45) is 3.80. The number of benzene rings is 1. The molecule has 5 rings (SSSR count). The Morgan fingerprint density at radius 3 is 2.67 bits per heavy atom. The number of aromatic nitrogens is 6. The number of rotatable bonds is 3. The van der Waals surface area contributed by atoms with Crippen LogP contribution in [-0.2, 0) is 4.74 Å². The van der Waals surface area contributed by atoms with Crippen molar-refractivity contribution in [1.82, 2.24) is 29.7 Å². The zero-order valence-corrected chi connectivity index (χ0v) is 15.0. The molecule has 1 aliphatic rings. The van der Waals surface area contributed by atoms with E-state index in [1.54, 1.807) is 4.68 Å². The number of anilines is 1. The molecule has 1 aliphatic heterocycles. The molecular weight excluding hydrogens is 342 g/mol. The van der Waals surface area contributed by atoms with Gasteiger partial charge in [-0.25, -0.2) is 4.68 Å². The van der Waals surface area contributed by atoms with Crippen molar-refractivity contribution >= 4 is 16.9 Å². The number of nitrogens with one attached hydrogen (secondary N) is 1. The van der Waals surface area contributed by atoms with E-state index in [4.69, 9.17) is 14.7 Å². The Balaban J connectivity index is 1.68. The van der Waals surface area contributed by atoms with E-state index in [2.05, 4.69) is 20.0 Å². The summed E-state index contributed by atoms with van der Waals surface area (Å²) in [5.74, 6) is 1.81. The Hall–Kier alpha value is -3.26. The zero-order chi connectivity index (χ0) is 18.2. The normalized spacial score (nSPS) is 14.8. The second-order valence-corrected chi connectivity index (χ2v) is 6.50. The predicted octanol–water partition coefficient (Wildman–Crippen LogP) is 2.35. The summed E-state index contributed by atoms with van der Waals surface area (Å²) in [5.41, 5.74) is 2.94. The van der Waals surface area contributed by atoms with Crippen molar-refractivity contribution in [3.63, 3.8) is 0 Å². The molecule has 8 nitrogen and oxygen atoms in total. The van der Waals surface area contributed by atoms with E-state index in [1.807, 2.05) is 49.6 Å². The molecule has 0 spiro atoms. The lowest BCUT2D eigenvalue weighted by Gasteiger charge is -2.27. The quantitative estimate of drug-likeness (QED) is 0.603. The number of fused-ring (bicyclic) bond motifs is 1.